The van der Waals surface area contributed by atoms with Crippen molar-refractivity contribution in [2.24, 2.45) is 17.8 Å². The van der Waals surface area contributed by atoms with E-state index in [0.717, 1.165) is 55.7 Å². The molecule has 1 saturated heterocycles. The van der Waals surface area contributed by atoms with Crippen LogP contribution in [-0.4, -0.2) is 60.3 Å². The summed E-state index contributed by atoms with van der Waals surface area (Å²) in [5.41, 5.74) is 3.37. The van der Waals surface area contributed by atoms with Crippen LogP contribution in [0.5, 0.6) is 11.6 Å². The van der Waals surface area contributed by atoms with Gasteiger partial charge in [0.25, 0.3) is 5.91 Å². The van der Waals surface area contributed by atoms with Crippen LogP contribution in [0.1, 0.15) is 73.5 Å². The van der Waals surface area contributed by atoms with Gasteiger partial charge in [-0.3, -0.25) is 14.5 Å². The van der Waals surface area contributed by atoms with Crippen molar-refractivity contribution in [3.8, 4) is 11.6 Å². The molecule has 1 unspecified atom stereocenters. The van der Waals surface area contributed by atoms with E-state index >= 15 is 0 Å². The van der Waals surface area contributed by atoms with Gasteiger partial charge >= 0.3 is 5.97 Å². The molecule has 3 aromatic rings. The largest absolute Gasteiger partial charge is 0.497 e. The zero-order chi connectivity index (χ0) is 31.2. The first-order valence-electron chi connectivity index (χ1n) is 15.7. The number of methoxy groups -OCH3 is 1. The van der Waals surface area contributed by atoms with Gasteiger partial charge in [-0.2, -0.15) is 0 Å². The molecule has 5 rings (SSSR count). The number of rotatable bonds is 13. The van der Waals surface area contributed by atoms with Crippen LogP contribution in [0.25, 0.3) is 0 Å². The number of carboxylic acid groups (broad SMARTS) is 1. The van der Waals surface area contributed by atoms with E-state index < -0.39 is 5.97 Å². The Morgan fingerprint density at radius 2 is 1.84 bits per heavy atom. The first kappa shape index (κ1) is 31.3. The molecule has 9 nitrogen and oxygen atoms in total. The van der Waals surface area contributed by atoms with Crippen LogP contribution >= 0.6 is 0 Å². The Morgan fingerprint density at radius 1 is 1.07 bits per heavy atom. The van der Waals surface area contributed by atoms with Crippen LogP contribution in [0.2, 0.25) is 0 Å². The summed E-state index contributed by atoms with van der Waals surface area (Å²) in [5.74, 6) is 2.14. The number of pyridine rings is 2. The number of aryl methyl sites for hydroxylation is 1. The molecule has 0 spiro atoms. The minimum Gasteiger partial charge on any atom is -0.497 e. The van der Waals surface area contributed by atoms with Gasteiger partial charge in [0.15, 0.2) is 0 Å². The van der Waals surface area contributed by atoms with Crippen LogP contribution in [-0.2, 0) is 4.79 Å². The van der Waals surface area contributed by atoms with Crippen molar-refractivity contribution in [2.45, 2.75) is 58.8 Å². The van der Waals surface area contributed by atoms with Crippen LogP contribution in [0.4, 0.5) is 11.5 Å². The van der Waals surface area contributed by atoms with Gasteiger partial charge in [-0.15, -0.1) is 0 Å². The molecule has 1 aliphatic heterocycles. The van der Waals surface area contributed by atoms with E-state index in [1.165, 1.54) is 0 Å². The second kappa shape index (κ2) is 14.1. The molecule has 0 bridgehead atoms. The Balaban J connectivity index is 1.26. The number of benzene rings is 1. The number of aromatic nitrogens is 2. The molecule has 1 atom stereocenters. The van der Waals surface area contributed by atoms with Crippen molar-refractivity contribution in [3.05, 3.63) is 71.5 Å². The number of anilines is 2. The van der Waals surface area contributed by atoms with Gasteiger partial charge in [-0.1, -0.05) is 19.9 Å². The molecule has 1 amide bonds. The van der Waals surface area contributed by atoms with Crippen molar-refractivity contribution >= 4 is 23.4 Å². The monoisotopic (exact) mass is 600 g/mol. The lowest BCUT2D eigenvalue weighted by atomic mass is 9.92. The number of carbonyl (C=O) groups is 2. The van der Waals surface area contributed by atoms with Crippen LogP contribution in [0.3, 0.4) is 0 Å². The highest BCUT2D eigenvalue weighted by Gasteiger charge is 2.34. The summed E-state index contributed by atoms with van der Waals surface area (Å²) in [6.45, 7) is 8.81. The van der Waals surface area contributed by atoms with E-state index in [1.54, 1.807) is 18.2 Å². The number of aliphatic carboxylic acids is 1. The fourth-order valence-corrected chi connectivity index (χ4v) is 6.07. The third kappa shape index (κ3) is 7.87. The molecule has 1 aromatic carbocycles. The molecule has 9 heteroatoms. The minimum atomic E-state index is -0.770. The molecule has 44 heavy (non-hydrogen) atoms. The van der Waals surface area contributed by atoms with Crippen molar-refractivity contribution < 1.29 is 24.2 Å². The molecule has 2 aromatic heterocycles. The van der Waals surface area contributed by atoms with Gasteiger partial charge in [-0.25, -0.2) is 9.97 Å². The highest BCUT2D eigenvalue weighted by molar-refractivity contribution is 6.09. The van der Waals surface area contributed by atoms with E-state index in [1.807, 2.05) is 55.5 Å². The Bertz CT molecular complexity index is 1450. The first-order chi connectivity index (χ1) is 21.2. The molecule has 2 aliphatic rings. The second-order valence-electron chi connectivity index (χ2n) is 12.5. The lowest BCUT2D eigenvalue weighted by Crippen LogP contribution is -2.39. The van der Waals surface area contributed by atoms with Gasteiger partial charge in [0, 0.05) is 43.7 Å². The predicted molar refractivity (Wildman–Crippen MR) is 171 cm³/mol. The number of carboxylic acids is 1. The molecular weight excluding hydrogens is 556 g/mol. The molecule has 2 fully saturated rings. The van der Waals surface area contributed by atoms with Crippen molar-refractivity contribution in [3.63, 3.8) is 0 Å². The summed E-state index contributed by atoms with van der Waals surface area (Å²) in [7, 11) is 1.64. The maximum Gasteiger partial charge on any atom is 0.303 e. The Kier molecular flexibility index (Phi) is 10.0. The van der Waals surface area contributed by atoms with Crippen molar-refractivity contribution in [1.29, 1.82) is 0 Å². The SMILES string of the molecule is COc1ccc(C(=O)N(CC(C)C)c2cccc(C)n2)c(N2CCC(COc3cc(C(CC(=O)O)C4CC4)ccn3)CC2)c1. The summed E-state index contributed by atoms with van der Waals surface area (Å²) < 4.78 is 11.7. The average molecular weight is 601 g/mol. The fraction of sp³-hybridized carbons (Fsp3) is 0.486. The summed E-state index contributed by atoms with van der Waals surface area (Å²) in [6, 6.07) is 15.3. The zero-order valence-electron chi connectivity index (χ0n) is 26.2. The van der Waals surface area contributed by atoms with E-state index in [0.29, 0.717) is 48.0 Å². The fourth-order valence-electron chi connectivity index (χ4n) is 6.07. The third-order valence-corrected chi connectivity index (χ3v) is 8.57. The number of amides is 1. The summed E-state index contributed by atoms with van der Waals surface area (Å²) in [4.78, 5) is 38.7. The normalized spacial score (nSPS) is 16.1. The van der Waals surface area contributed by atoms with Crippen molar-refractivity contribution in [2.75, 3.05) is 43.2 Å². The van der Waals surface area contributed by atoms with E-state index in [9.17, 15) is 14.7 Å². The maximum absolute atomic E-state index is 14.1. The summed E-state index contributed by atoms with van der Waals surface area (Å²) in [5, 5.41) is 9.39. The molecule has 1 saturated carbocycles. The standard InChI is InChI=1S/C35H44N4O5/c1-23(2)21-39(32-7-5-6-24(3)37-32)35(42)29-11-10-28(43-4)19-31(29)38-16-13-25(14-17-38)22-44-33-18-27(12-15-36-33)30(20-34(40)41)26-8-9-26/h5-7,10-12,15,18-19,23,25-26,30H,8-9,13-14,16-17,20-22H2,1-4H3,(H,40,41). The number of carbonyl (C=O) groups excluding carboxylic acids is 1. The molecule has 0 radical (unpaired) electrons. The minimum absolute atomic E-state index is 0.0130. The lowest BCUT2D eigenvalue weighted by molar-refractivity contribution is -0.137. The highest BCUT2D eigenvalue weighted by atomic mass is 16.5. The van der Waals surface area contributed by atoms with Crippen LogP contribution < -0.4 is 19.3 Å². The number of piperidine rings is 1. The highest BCUT2D eigenvalue weighted by Crippen LogP contribution is 2.45. The summed E-state index contributed by atoms with van der Waals surface area (Å²) in [6.07, 6.45) is 5.83. The average Bonchev–Trinajstić information content (AvgIpc) is 3.87. The molecule has 3 heterocycles. The number of hydrogen-bond acceptors (Lipinski definition) is 7. The van der Waals surface area contributed by atoms with Gasteiger partial charge in [-0.05, 0) is 92.2 Å². The molecule has 1 aliphatic carbocycles. The second-order valence-corrected chi connectivity index (χ2v) is 12.5. The third-order valence-electron chi connectivity index (χ3n) is 8.57. The van der Waals surface area contributed by atoms with Gasteiger partial charge < -0.3 is 19.5 Å². The quantitative estimate of drug-likeness (QED) is 0.242. The first-order valence-corrected chi connectivity index (χ1v) is 15.7. The van der Waals surface area contributed by atoms with Gasteiger partial charge in [0.1, 0.15) is 11.6 Å². The summed E-state index contributed by atoms with van der Waals surface area (Å²) >= 11 is 0. The van der Waals surface area contributed by atoms with Gasteiger partial charge in [0.2, 0.25) is 5.88 Å². The van der Waals surface area contributed by atoms with E-state index in [4.69, 9.17) is 9.47 Å². The Morgan fingerprint density at radius 3 is 2.50 bits per heavy atom. The van der Waals surface area contributed by atoms with Gasteiger partial charge in [0.05, 0.1) is 31.4 Å². The number of hydrogen-bond donors (Lipinski definition) is 1. The lowest BCUT2D eigenvalue weighted by Gasteiger charge is -2.35. The predicted octanol–water partition coefficient (Wildman–Crippen LogP) is 6.36. The van der Waals surface area contributed by atoms with Crippen LogP contribution in [0, 0.1) is 24.7 Å². The van der Waals surface area contributed by atoms with Crippen molar-refractivity contribution in [1.82, 2.24) is 9.97 Å². The topological polar surface area (TPSA) is 105 Å². The Hall–Kier alpha value is -4.14. The van der Waals surface area contributed by atoms with E-state index in [-0.39, 0.29) is 24.2 Å². The molecule has 1 N–H and O–H groups in total. The smallest absolute Gasteiger partial charge is 0.303 e. The molecule has 234 valence electrons. The van der Waals surface area contributed by atoms with E-state index in [2.05, 4.69) is 28.7 Å². The maximum atomic E-state index is 14.1. The zero-order valence-corrected chi connectivity index (χ0v) is 26.2. The molecular formula is C35H44N4O5. The number of nitrogens with zero attached hydrogens (tertiary/aromatic N) is 4. The number of ether oxygens (including phenoxy) is 2. The Labute approximate surface area is 260 Å². The van der Waals surface area contributed by atoms with Crippen LogP contribution in [0.15, 0.2) is 54.7 Å².